The average Bonchev–Trinajstić information content (AvgIpc) is 1.96. The van der Waals surface area contributed by atoms with E-state index in [9.17, 15) is 24.1 Å². The second kappa shape index (κ2) is 12.5. The first kappa shape index (κ1) is 30.0. The van der Waals surface area contributed by atoms with Gasteiger partial charge in [0.25, 0.3) is 0 Å². The first-order valence-electron chi connectivity index (χ1n) is 3.92. The maximum absolute atomic E-state index is 10.8. The van der Waals surface area contributed by atoms with Crippen molar-refractivity contribution in [2.75, 3.05) is 0 Å². The molecule has 0 saturated carbocycles. The van der Waals surface area contributed by atoms with E-state index in [-0.39, 0.29) is 105 Å². The summed E-state index contributed by atoms with van der Waals surface area (Å²) < 4.78 is 13.7. The minimum absolute atomic E-state index is 0. The second-order valence-corrected chi connectivity index (χ2v) is 4.20. The average molecular weight is 380 g/mol. The molecule has 1 unspecified atom stereocenters. The molecule has 108 valence electrons. The van der Waals surface area contributed by atoms with Crippen molar-refractivity contribution in [1.82, 2.24) is 0 Å². The zero-order valence-electron chi connectivity index (χ0n) is 8.14. The summed E-state index contributed by atoms with van der Waals surface area (Å²) in [6.07, 6.45) is -2.72. The molecule has 0 aromatic carbocycles. The normalized spacial score (nSPS) is 12.6. The molecule has 5 N–H and O–H groups in total. The summed E-state index contributed by atoms with van der Waals surface area (Å²) in [7, 11) is -5.17. The van der Waals surface area contributed by atoms with Gasteiger partial charge >= 0.3 is 131 Å². The molecule has 0 aliphatic carbocycles. The van der Waals surface area contributed by atoms with Crippen molar-refractivity contribution in [2.45, 2.75) is 18.4 Å². The van der Waals surface area contributed by atoms with Gasteiger partial charge in [-0.15, -0.1) is 0 Å². The van der Waals surface area contributed by atoms with Gasteiger partial charge in [-0.1, -0.05) is 0 Å². The quantitative estimate of drug-likeness (QED) is 0.224. The summed E-state index contributed by atoms with van der Waals surface area (Å²) in [6, 6.07) is 0. The van der Waals surface area contributed by atoms with Crippen molar-refractivity contribution in [2.24, 2.45) is 0 Å². The Hall–Kier alpha value is 2.04. The van der Waals surface area contributed by atoms with Crippen molar-refractivity contribution in [3.8, 4) is 0 Å². The molecule has 20 heavy (non-hydrogen) atoms. The van der Waals surface area contributed by atoms with Crippen LogP contribution >= 0.6 is 7.82 Å². The van der Waals surface area contributed by atoms with Crippen LogP contribution in [0.25, 0.3) is 0 Å². The molecule has 14 heteroatoms. The number of aliphatic hydroxyl groups is 1. The Morgan fingerprint density at radius 3 is 1.70 bits per heavy atom. The first-order chi connectivity index (χ1) is 7.46. The minimum atomic E-state index is -5.17. The van der Waals surface area contributed by atoms with E-state index in [1.807, 2.05) is 0 Å². The third-order valence-corrected chi connectivity index (χ3v) is 1.94. The van der Waals surface area contributed by atoms with Crippen molar-refractivity contribution in [3.05, 3.63) is 0 Å². The molecule has 0 aromatic heterocycles. The van der Waals surface area contributed by atoms with Crippen molar-refractivity contribution >= 4 is 131 Å². The number of hydrogen-bond acceptors (Lipinski definition) is 6. The van der Waals surface area contributed by atoms with E-state index in [0.29, 0.717) is 0 Å². The Labute approximate surface area is 194 Å². The van der Waals surface area contributed by atoms with E-state index >= 15 is 0 Å². The van der Waals surface area contributed by atoms with Crippen LogP contribution < -0.4 is 0 Å². The summed E-state index contributed by atoms with van der Waals surface area (Å²) >= 11 is 0. The van der Waals surface area contributed by atoms with E-state index in [4.69, 9.17) is 20.0 Å². The van der Waals surface area contributed by atoms with Crippen LogP contribution in [-0.2, 0) is 23.5 Å². The van der Waals surface area contributed by atoms with Gasteiger partial charge in [-0.3, -0.25) is 19.4 Å². The number of carbonyl (C=O) groups is 3. The van der Waals surface area contributed by atoms with Crippen LogP contribution in [-0.4, -0.2) is 154 Å². The fourth-order valence-electron chi connectivity index (χ4n) is 0.868. The monoisotopic (exact) mass is 380 g/mol. The Bertz CT molecular complexity index is 397. The molecular formula is C6H14Ca2NaO10P. The summed E-state index contributed by atoms with van der Waals surface area (Å²) in [5.74, 6) is -5.47. The first-order valence-corrected chi connectivity index (χ1v) is 5.45. The fourth-order valence-corrected chi connectivity index (χ4v) is 1.20. The second-order valence-electron chi connectivity index (χ2n) is 3.04. The zero-order valence-corrected chi connectivity index (χ0v) is 9.03. The number of aliphatic carboxylic acids is 2. The van der Waals surface area contributed by atoms with Gasteiger partial charge < -0.3 is 19.8 Å². The molecule has 10 nitrogen and oxygen atoms in total. The number of carboxylic acids is 2. The van der Waals surface area contributed by atoms with E-state index < -0.39 is 44.2 Å². The molecule has 0 fully saturated rings. The maximum atomic E-state index is 10.8. The molecular weight excluding hydrogens is 366 g/mol. The Morgan fingerprint density at radius 1 is 1.05 bits per heavy atom. The summed E-state index contributed by atoms with van der Waals surface area (Å²) in [6.45, 7) is 0. The Morgan fingerprint density at radius 2 is 1.45 bits per heavy atom. The topological polar surface area (TPSA) is 179 Å². The molecule has 0 aliphatic rings. The predicted octanol–water partition coefficient (Wildman–Crippen LogP) is -4.18. The van der Waals surface area contributed by atoms with Gasteiger partial charge in [-0.25, -0.2) is 9.36 Å². The molecule has 0 aliphatic heterocycles. The van der Waals surface area contributed by atoms with Gasteiger partial charge in [-0.2, -0.15) is 0 Å². The van der Waals surface area contributed by atoms with Crippen LogP contribution in [0.5, 0.6) is 0 Å². The summed E-state index contributed by atoms with van der Waals surface area (Å²) in [5.41, 5.74) is -2.99. The van der Waals surface area contributed by atoms with Crippen molar-refractivity contribution in [3.63, 3.8) is 0 Å². The molecule has 0 radical (unpaired) electrons. The van der Waals surface area contributed by atoms with E-state index in [1.165, 1.54) is 0 Å². The number of rotatable bonds is 6. The Balaban J connectivity index is -0.000000427. The van der Waals surface area contributed by atoms with Gasteiger partial charge in [-0.05, 0) is 0 Å². The van der Waals surface area contributed by atoms with Crippen molar-refractivity contribution < 1.29 is 48.6 Å². The molecule has 0 amide bonds. The van der Waals surface area contributed by atoms with Gasteiger partial charge in [0.2, 0.25) is 0 Å². The van der Waals surface area contributed by atoms with Gasteiger partial charge in [0.05, 0.1) is 12.8 Å². The van der Waals surface area contributed by atoms with E-state index in [1.54, 1.807) is 0 Å². The van der Waals surface area contributed by atoms with Gasteiger partial charge in [0, 0.05) is 0 Å². The molecule has 0 rings (SSSR count). The molecule has 0 saturated heterocycles. The Kier molecular flexibility index (Phi) is 18.7. The number of hydrogen-bond donors (Lipinski definition) is 5. The molecule has 0 bridgehead atoms. The number of phosphoric acid groups is 1. The number of carboxylic acid groups (broad SMARTS) is 2. The van der Waals surface area contributed by atoms with E-state index in [0.717, 1.165) is 0 Å². The molecule has 0 heterocycles. The molecule has 0 aromatic rings. The predicted molar refractivity (Wildman–Crippen MR) is 71.8 cm³/mol. The van der Waals surface area contributed by atoms with Crippen LogP contribution in [0.2, 0.25) is 0 Å². The molecule has 0 spiro atoms. The van der Waals surface area contributed by atoms with Crippen LogP contribution in [0.3, 0.4) is 0 Å². The summed E-state index contributed by atoms with van der Waals surface area (Å²) in [5, 5.41) is 26.1. The SMILES string of the molecule is O=C(O)CC(O)(CC(=O)OP(=O)(O)O)C(=O)O.[CaH2].[CaH2].[NaH]. The van der Waals surface area contributed by atoms with Crippen LogP contribution in [0.1, 0.15) is 12.8 Å². The van der Waals surface area contributed by atoms with Crippen LogP contribution in [0.15, 0.2) is 0 Å². The van der Waals surface area contributed by atoms with Crippen molar-refractivity contribution in [1.29, 1.82) is 0 Å². The third kappa shape index (κ3) is 13.7. The van der Waals surface area contributed by atoms with Crippen LogP contribution in [0.4, 0.5) is 0 Å². The standard InChI is InChI=1S/C6H9O10P.2Ca.Na.5H/c7-3(8)1-6(12,5(10)11)2-4(9)16-17(13,14)15;;;;;;;;/h12H,1-2H2,(H,7,8)(H,10,11)(H2,13,14,15);;;;;;;;. The number of phosphoric ester groups is 1. The fraction of sp³-hybridized carbons (Fsp3) is 0.500. The van der Waals surface area contributed by atoms with Gasteiger partial charge in [0.1, 0.15) is 0 Å². The van der Waals surface area contributed by atoms with E-state index in [2.05, 4.69) is 4.52 Å². The summed E-state index contributed by atoms with van der Waals surface area (Å²) in [4.78, 5) is 48.1. The molecule has 1 atom stereocenters. The van der Waals surface area contributed by atoms with Gasteiger partial charge in [0.15, 0.2) is 5.60 Å². The van der Waals surface area contributed by atoms with Crippen LogP contribution in [0, 0.1) is 0 Å². The third-order valence-electron chi connectivity index (χ3n) is 1.50. The zero-order chi connectivity index (χ0) is 13.9. The number of carbonyl (C=O) groups excluding carboxylic acids is 1.